The lowest BCUT2D eigenvalue weighted by Gasteiger charge is -2.32. The van der Waals surface area contributed by atoms with E-state index < -0.39 is 18.0 Å². The zero-order chi connectivity index (χ0) is 19.9. The van der Waals surface area contributed by atoms with Gasteiger partial charge in [-0.25, -0.2) is 4.98 Å². The minimum absolute atomic E-state index is 0.146. The van der Waals surface area contributed by atoms with Gasteiger partial charge >= 0.3 is 6.36 Å². The first kappa shape index (κ1) is 18.1. The number of carbonyl (C=O) groups is 1. The Labute approximate surface area is 157 Å². The lowest BCUT2D eigenvalue weighted by molar-refractivity contribution is -0.274. The molecule has 0 spiro atoms. The van der Waals surface area contributed by atoms with Crippen molar-refractivity contribution in [1.82, 2.24) is 24.6 Å². The lowest BCUT2D eigenvalue weighted by atomic mass is 9.92. The third-order valence-electron chi connectivity index (χ3n) is 4.59. The number of H-pyrrole nitrogens is 1. The van der Waals surface area contributed by atoms with Crippen LogP contribution in [0.15, 0.2) is 43.0 Å². The van der Waals surface area contributed by atoms with Crippen LogP contribution in [0.1, 0.15) is 33.2 Å². The molecule has 28 heavy (non-hydrogen) atoms. The predicted octanol–water partition coefficient (Wildman–Crippen LogP) is 2.83. The molecule has 7 nitrogen and oxygen atoms in total. The van der Waals surface area contributed by atoms with Gasteiger partial charge in [-0.15, -0.1) is 13.2 Å². The second-order valence-electron chi connectivity index (χ2n) is 6.50. The van der Waals surface area contributed by atoms with E-state index in [1.54, 1.807) is 24.3 Å². The topological polar surface area (TPSA) is 76.0 Å². The van der Waals surface area contributed by atoms with Gasteiger partial charge in [-0.05, 0) is 12.1 Å². The number of ether oxygens (including phenoxy) is 1. The quantitative estimate of drug-likeness (QED) is 0.745. The zero-order valence-electron chi connectivity index (χ0n) is 14.8. The molecule has 0 fully saturated rings. The lowest BCUT2D eigenvalue weighted by Crippen LogP contribution is -2.39. The summed E-state index contributed by atoms with van der Waals surface area (Å²) in [4.78, 5) is 21.9. The summed E-state index contributed by atoms with van der Waals surface area (Å²) in [6, 6.07) is 5.34. The molecule has 1 aromatic carbocycles. The molecule has 3 heterocycles. The van der Waals surface area contributed by atoms with Crippen LogP contribution in [0.25, 0.3) is 0 Å². The van der Waals surface area contributed by atoms with E-state index in [1.165, 1.54) is 23.1 Å². The van der Waals surface area contributed by atoms with Gasteiger partial charge in [-0.2, -0.15) is 5.10 Å². The SMILES string of the molecule is Cn1cc(C2CN(C(=O)c3ccccc3OC(F)(F)F)Cc3[nH]cnc32)cn1. The maximum atomic E-state index is 13.0. The Morgan fingerprint density at radius 3 is 2.82 bits per heavy atom. The van der Waals surface area contributed by atoms with Crippen LogP contribution in [0.4, 0.5) is 13.2 Å². The number of nitrogens with one attached hydrogen (secondary N) is 1. The van der Waals surface area contributed by atoms with E-state index in [-0.39, 0.29) is 24.6 Å². The first-order valence-electron chi connectivity index (χ1n) is 8.46. The van der Waals surface area contributed by atoms with Crippen LogP contribution < -0.4 is 4.74 Å². The number of alkyl halides is 3. The number of aromatic amines is 1. The average molecular weight is 391 g/mol. The predicted molar refractivity (Wildman–Crippen MR) is 91.5 cm³/mol. The number of hydrogen-bond acceptors (Lipinski definition) is 4. The van der Waals surface area contributed by atoms with Crippen molar-refractivity contribution in [2.75, 3.05) is 6.54 Å². The molecule has 0 saturated heterocycles. The second kappa shape index (κ2) is 6.70. The number of aromatic nitrogens is 4. The molecule has 1 atom stereocenters. The Hall–Kier alpha value is -3.30. The van der Waals surface area contributed by atoms with Crippen molar-refractivity contribution >= 4 is 5.91 Å². The summed E-state index contributed by atoms with van der Waals surface area (Å²) in [6.45, 7) is 0.480. The van der Waals surface area contributed by atoms with E-state index in [0.717, 1.165) is 23.0 Å². The number of carbonyl (C=O) groups excluding carboxylic acids is 1. The second-order valence-corrected chi connectivity index (χ2v) is 6.50. The van der Waals surface area contributed by atoms with Crippen LogP contribution in [0.5, 0.6) is 5.75 Å². The third-order valence-corrected chi connectivity index (χ3v) is 4.59. The van der Waals surface area contributed by atoms with Gasteiger partial charge in [0.05, 0.1) is 36.0 Å². The average Bonchev–Trinajstić information content (AvgIpc) is 3.28. The number of benzene rings is 1. The van der Waals surface area contributed by atoms with Gasteiger partial charge in [-0.3, -0.25) is 9.48 Å². The molecule has 146 valence electrons. The molecule has 0 bridgehead atoms. The number of hydrogen-bond donors (Lipinski definition) is 1. The van der Waals surface area contributed by atoms with Crippen molar-refractivity contribution in [3.63, 3.8) is 0 Å². The summed E-state index contributed by atoms with van der Waals surface area (Å²) in [7, 11) is 1.78. The van der Waals surface area contributed by atoms with Gasteiger partial charge in [0.15, 0.2) is 0 Å². The molecule has 10 heteroatoms. The van der Waals surface area contributed by atoms with E-state index in [9.17, 15) is 18.0 Å². The fraction of sp³-hybridized carbons (Fsp3) is 0.278. The molecular formula is C18H16F3N5O2. The number of aryl methyl sites for hydroxylation is 1. The van der Waals surface area contributed by atoms with Gasteiger partial charge in [-0.1, -0.05) is 12.1 Å². The molecule has 0 radical (unpaired) electrons. The van der Waals surface area contributed by atoms with Gasteiger partial charge in [0.25, 0.3) is 5.91 Å². The van der Waals surface area contributed by atoms with E-state index >= 15 is 0 Å². The van der Waals surface area contributed by atoms with Crippen molar-refractivity contribution in [3.05, 3.63) is 65.5 Å². The van der Waals surface area contributed by atoms with E-state index in [2.05, 4.69) is 19.8 Å². The molecular weight excluding hydrogens is 375 g/mol. The van der Waals surface area contributed by atoms with E-state index in [4.69, 9.17) is 0 Å². The summed E-state index contributed by atoms with van der Waals surface area (Å²) in [5.74, 6) is -1.30. The highest BCUT2D eigenvalue weighted by molar-refractivity contribution is 5.97. The number of rotatable bonds is 3. The van der Waals surface area contributed by atoms with Crippen LogP contribution in [0, 0.1) is 0 Å². The third kappa shape index (κ3) is 3.45. The highest BCUT2D eigenvalue weighted by Crippen LogP contribution is 2.33. The first-order valence-corrected chi connectivity index (χ1v) is 8.46. The van der Waals surface area contributed by atoms with Crippen LogP contribution >= 0.6 is 0 Å². The highest BCUT2D eigenvalue weighted by atomic mass is 19.4. The highest BCUT2D eigenvalue weighted by Gasteiger charge is 2.36. The molecule has 1 N–H and O–H groups in total. The van der Waals surface area contributed by atoms with Gasteiger partial charge in [0, 0.05) is 31.3 Å². The number of imidazole rings is 1. The molecule has 0 saturated carbocycles. The molecule has 1 aliphatic heterocycles. The number of para-hydroxylation sites is 1. The maximum Gasteiger partial charge on any atom is 0.573 e. The van der Waals surface area contributed by atoms with Crippen LogP contribution in [0.3, 0.4) is 0 Å². The van der Waals surface area contributed by atoms with Gasteiger partial charge in [0.1, 0.15) is 5.75 Å². The maximum absolute atomic E-state index is 13.0. The fourth-order valence-electron chi connectivity index (χ4n) is 3.39. The summed E-state index contributed by atoms with van der Waals surface area (Å²) >= 11 is 0. The minimum Gasteiger partial charge on any atom is -0.405 e. The number of amides is 1. The van der Waals surface area contributed by atoms with Crippen LogP contribution in [-0.2, 0) is 13.6 Å². The number of fused-ring (bicyclic) bond motifs is 1. The monoisotopic (exact) mass is 391 g/mol. The fourth-order valence-corrected chi connectivity index (χ4v) is 3.39. The summed E-state index contributed by atoms with van der Waals surface area (Å²) in [5, 5.41) is 4.16. The summed E-state index contributed by atoms with van der Waals surface area (Å²) in [6.07, 6.45) is 0.186. The van der Waals surface area contributed by atoms with Crippen molar-refractivity contribution in [2.24, 2.45) is 7.05 Å². The standard InChI is InChI=1S/C18H16F3N5O2/c1-25-7-11(6-24-25)13-8-26(9-14-16(13)23-10-22-14)17(27)12-4-2-3-5-15(12)28-18(19,20)21/h2-7,10,13H,8-9H2,1H3,(H,22,23). The molecule has 4 rings (SSSR count). The molecule has 2 aromatic heterocycles. The Morgan fingerprint density at radius 1 is 1.32 bits per heavy atom. The normalized spacial score (nSPS) is 16.7. The van der Waals surface area contributed by atoms with Crippen molar-refractivity contribution in [2.45, 2.75) is 18.8 Å². The molecule has 3 aromatic rings. The van der Waals surface area contributed by atoms with Crippen LogP contribution in [0.2, 0.25) is 0 Å². The number of halogens is 3. The minimum atomic E-state index is -4.88. The van der Waals surface area contributed by atoms with Crippen molar-refractivity contribution in [1.29, 1.82) is 0 Å². The first-order chi connectivity index (χ1) is 13.3. The molecule has 1 unspecified atom stereocenters. The molecule has 1 aliphatic rings. The van der Waals surface area contributed by atoms with E-state index in [1.807, 2.05) is 6.20 Å². The van der Waals surface area contributed by atoms with Gasteiger partial charge in [0.2, 0.25) is 0 Å². The largest absolute Gasteiger partial charge is 0.573 e. The number of nitrogens with zero attached hydrogens (tertiary/aromatic N) is 4. The Balaban J connectivity index is 1.66. The van der Waals surface area contributed by atoms with Crippen LogP contribution in [-0.4, -0.2) is 43.5 Å². The van der Waals surface area contributed by atoms with Crippen molar-refractivity contribution < 1.29 is 22.7 Å². The molecule has 0 aliphatic carbocycles. The van der Waals surface area contributed by atoms with Crippen molar-refractivity contribution in [3.8, 4) is 5.75 Å². The smallest absolute Gasteiger partial charge is 0.405 e. The Bertz CT molecular complexity index is 1010. The zero-order valence-corrected chi connectivity index (χ0v) is 14.8. The summed E-state index contributed by atoms with van der Waals surface area (Å²) in [5.41, 5.74) is 2.26. The Kier molecular flexibility index (Phi) is 4.33. The Morgan fingerprint density at radius 2 is 2.11 bits per heavy atom. The molecule has 1 amide bonds. The van der Waals surface area contributed by atoms with Gasteiger partial charge < -0.3 is 14.6 Å². The summed E-state index contributed by atoms with van der Waals surface area (Å²) < 4.78 is 43.8. The van der Waals surface area contributed by atoms with E-state index in [0.29, 0.717) is 0 Å².